The molecule has 0 bridgehead atoms. The maximum Gasteiger partial charge on any atom is 0.417 e. The first-order valence-electron chi connectivity index (χ1n) is 5.70. The monoisotopic (exact) mass is 302 g/mol. The van der Waals surface area contributed by atoms with Gasteiger partial charge in [-0.25, -0.2) is 14.9 Å². The highest BCUT2D eigenvalue weighted by atomic mass is 19.4. The van der Waals surface area contributed by atoms with Crippen molar-refractivity contribution in [3.63, 3.8) is 0 Å². The highest BCUT2D eigenvalue weighted by molar-refractivity contribution is 5.54. The Bertz CT molecular complexity index is 632. The van der Waals surface area contributed by atoms with E-state index in [0.717, 1.165) is 0 Å². The minimum absolute atomic E-state index is 0.312. The lowest BCUT2D eigenvalue weighted by Crippen LogP contribution is -2.11. The van der Waals surface area contributed by atoms with Crippen LogP contribution in [-0.2, 0) is 6.18 Å². The van der Waals surface area contributed by atoms with E-state index in [2.05, 4.69) is 10.5 Å². The number of hydrogen-bond donors (Lipinski definition) is 1. The summed E-state index contributed by atoms with van der Waals surface area (Å²) in [6.07, 6.45) is -4.18. The molecule has 0 unspecified atom stereocenters. The second-order valence-corrected chi connectivity index (χ2v) is 3.91. The Balaban J connectivity index is 2.14. The smallest absolute Gasteiger partial charge is 0.417 e. The van der Waals surface area contributed by atoms with E-state index < -0.39 is 23.4 Å². The largest absolute Gasteiger partial charge is 0.494 e. The quantitative estimate of drug-likeness (QED) is 0.691. The highest BCUT2D eigenvalue weighted by Gasteiger charge is 2.32. The van der Waals surface area contributed by atoms with Crippen LogP contribution in [0.3, 0.4) is 0 Å². The van der Waals surface area contributed by atoms with Gasteiger partial charge in [0.15, 0.2) is 5.82 Å². The Labute approximate surface area is 117 Å². The van der Waals surface area contributed by atoms with Crippen molar-refractivity contribution in [2.45, 2.75) is 6.18 Å². The first kappa shape index (κ1) is 14.9. The van der Waals surface area contributed by atoms with Crippen molar-refractivity contribution < 1.29 is 27.1 Å². The molecule has 0 atom stereocenters. The van der Waals surface area contributed by atoms with Crippen LogP contribution in [0.15, 0.2) is 36.5 Å². The number of hydrogen-bond acceptors (Lipinski definition) is 4. The molecule has 0 fully saturated rings. The molecule has 0 radical (unpaired) electrons. The number of benzene rings is 1. The summed E-state index contributed by atoms with van der Waals surface area (Å²) >= 11 is 0. The zero-order valence-corrected chi connectivity index (χ0v) is 10.7. The van der Waals surface area contributed by atoms with Crippen molar-refractivity contribution in [1.82, 2.24) is 4.98 Å². The maximum absolute atomic E-state index is 13.5. The highest BCUT2D eigenvalue weighted by Crippen LogP contribution is 2.31. The molecule has 1 aromatic heterocycles. The average molecular weight is 302 g/mol. The van der Waals surface area contributed by atoms with Crippen LogP contribution in [0.25, 0.3) is 0 Å². The number of aromatic nitrogens is 1. The van der Waals surface area contributed by atoms with Gasteiger partial charge < -0.3 is 9.57 Å². The van der Waals surface area contributed by atoms with Crippen LogP contribution in [-0.4, -0.2) is 12.1 Å². The van der Waals surface area contributed by atoms with Gasteiger partial charge in [-0.15, -0.1) is 0 Å². The normalized spacial score (nSPS) is 11.1. The minimum atomic E-state index is -4.66. The molecular weight excluding hydrogens is 292 g/mol. The molecule has 2 aromatic rings. The van der Waals surface area contributed by atoms with Gasteiger partial charge in [0.25, 0.3) is 5.88 Å². The van der Waals surface area contributed by atoms with Crippen molar-refractivity contribution in [3.05, 3.63) is 47.9 Å². The molecule has 0 saturated carbocycles. The van der Waals surface area contributed by atoms with Gasteiger partial charge in [-0.05, 0) is 18.2 Å². The fraction of sp³-hybridized carbons (Fsp3) is 0.154. The standard InChI is InChI=1S/C13H10F4N2O2/c1-20-11-5-3-2-4-10(11)19-21-12-9(14)6-8(7-18-12)13(15,16)17/h2-7,19H,1H3. The Morgan fingerprint density at radius 3 is 2.52 bits per heavy atom. The van der Waals surface area contributed by atoms with E-state index in [1.807, 2.05) is 0 Å². The topological polar surface area (TPSA) is 43.4 Å². The zero-order valence-electron chi connectivity index (χ0n) is 10.7. The lowest BCUT2D eigenvalue weighted by molar-refractivity contribution is -0.138. The summed E-state index contributed by atoms with van der Waals surface area (Å²) in [7, 11) is 1.43. The molecule has 1 heterocycles. The van der Waals surface area contributed by atoms with Crippen LogP contribution in [0.4, 0.5) is 23.2 Å². The van der Waals surface area contributed by atoms with E-state index in [9.17, 15) is 17.6 Å². The first-order valence-corrected chi connectivity index (χ1v) is 5.70. The number of nitrogens with one attached hydrogen (secondary N) is 1. The number of para-hydroxylation sites is 2. The van der Waals surface area contributed by atoms with E-state index in [0.29, 0.717) is 23.7 Å². The van der Waals surface area contributed by atoms with Crippen LogP contribution in [0.1, 0.15) is 5.56 Å². The van der Waals surface area contributed by atoms with Gasteiger partial charge in [-0.2, -0.15) is 13.2 Å². The molecule has 0 aliphatic carbocycles. The van der Waals surface area contributed by atoms with Gasteiger partial charge in [0.1, 0.15) is 11.4 Å². The fourth-order valence-corrected chi connectivity index (χ4v) is 1.49. The summed E-state index contributed by atoms with van der Waals surface area (Å²) < 4.78 is 55.6. The zero-order chi connectivity index (χ0) is 15.5. The molecule has 0 saturated heterocycles. The lowest BCUT2D eigenvalue weighted by atomic mass is 10.3. The molecule has 0 aliphatic heterocycles. The molecule has 21 heavy (non-hydrogen) atoms. The van der Waals surface area contributed by atoms with Crippen molar-refractivity contribution in [2.24, 2.45) is 0 Å². The predicted octanol–water partition coefficient (Wildman–Crippen LogP) is 3.65. The second kappa shape index (κ2) is 5.86. The van der Waals surface area contributed by atoms with Gasteiger partial charge in [0.2, 0.25) is 0 Å². The molecule has 0 amide bonds. The third-order valence-electron chi connectivity index (χ3n) is 2.50. The van der Waals surface area contributed by atoms with Crippen molar-refractivity contribution in [1.29, 1.82) is 0 Å². The first-order chi connectivity index (χ1) is 9.91. The minimum Gasteiger partial charge on any atom is -0.494 e. The van der Waals surface area contributed by atoms with Gasteiger partial charge >= 0.3 is 6.18 Å². The molecular formula is C13H10F4N2O2. The lowest BCUT2D eigenvalue weighted by Gasteiger charge is -2.12. The third kappa shape index (κ3) is 3.53. The molecule has 4 nitrogen and oxygen atoms in total. The number of halogens is 4. The van der Waals surface area contributed by atoms with Crippen LogP contribution < -0.4 is 15.1 Å². The van der Waals surface area contributed by atoms with Crippen LogP contribution in [0.5, 0.6) is 11.6 Å². The van der Waals surface area contributed by atoms with E-state index >= 15 is 0 Å². The molecule has 2 rings (SSSR count). The third-order valence-corrected chi connectivity index (χ3v) is 2.50. The molecule has 1 N–H and O–H groups in total. The van der Waals surface area contributed by atoms with E-state index in [1.54, 1.807) is 24.3 Å². The Hall–Kier alpha value is -2.51. The molecule has 8 heteroatoms. The summed E-state index contributed by atoms with van der Waals surface area (Å²) in [6, 6.07) is 6.90. The molecule has 0 spiro atoms. The van der Waals surface area contributed by atoms with E-state index in [1.165, 1.54) is 7.11 Å². The Kier molecular flexibility index (Phi) is 4.15. The van der Waals surface area contributed by atoms with Gasteiger partial charge in [0, 0.05) is 6.20 Å². The second-order valence-electron chi connectivity index (χ2n) is 3.91. The SMILES string of the molecule is COc1ccccc1NOc1ncc(C(F)(F)F)cc1F. The number of methoxy groups -OCH3 is 1. The molecule has 112 valence electrons. The molecule has 0 aliphatic rings. The summed E-state index contributed by atoms with van der Waals surface area (Å²) in [5, 5.41) is 0. The summed E-state index contributed by atoms with van der Waals surface area (Å²) in [5.74, 6) is -1.41. The van der Waals surface area contributed by atoms with Gasteiger partial charge in [-0.3, -0.25) is 0 Å². The van der Waals surface area contributed by atoms with Crippen molar-refractivity contribution in [2.75, 3.05) is 12.6 Å². The predicted molar refractivity (Wildman–Crippen MR) is 66.4 cm³/mol. The number of alkyl halides is 3. The summed E-state index contributed by atoms with van der Waals surface area (Å²) in [4.78, 5) is 8.14. The van der Waals surface area contributed by atoms with Gasteiger partial charge in [-0.1, -0.05) is 12.1 Å². The number of rotatable bonds is 4. The number of pyridine rings is 1. The maximum atomic E-state index is 13.5. The van der Waals surface area contributed by atoms with Crippen LogP contribution >= 0.6 is 0 Å². The Morgan fingerprint density at radius 1 is 1.19 bits per heavy atom. The fourth-order valence-electron chi connectivity index (χ4n) is 1.49. The number of nitrogens with zero attached hydrogens (tertiary/aromatic N) is 1. The average Bonchev–Trinajstić information content (AvgIpc) is 2.45. The van der Waals surface area contributed by atoms with Crippen LogP contribution in [0, 0.1) is 5.82 Å². The van der Waals surface area contributed by atoms with Gasteiger partial charge in [0.05, 0.1) is 12.7 Å². The van der Waals surface area contributed by atoms with Crippen molar-refractivity contribution >= 4 is 5.69 Å². The van der Waals surface area contributed by atoms with E-state index in [-0.39, 0.29) is 0 Å². The number of anilines is 1. The van der Waals surface area contributed by atoms with Crippen LogP contribution in [0.2, 0.25) is 0 Å². The summed E-state index contributed by atoms with van der Waals surface area (Å²) in [5.41, 5.74) is 1.56. The summed E-state index contributed by atoms with van der Waals surface area (Å²) in [6.45, 7) is 0. The number of ether oxygens (including phenoxy) is 1. The van der Waals surface area contributed by atoms with Crippen molar-refractivity contribution in [3.8, 4) is 11.6 Å². The van der Waals surface area contributed by atoms with E-state index in [4.69, 9.17) is 9.57 Å². The Morgan fingerprint density at radius 2 is 1.90 bits per heavy atom. The molecule has 1 aromatic carbocycles.